The second-order valence-electron chi connectivity index (χ2n) is 5.15. The zero-order chi connectivity index (χ0) is 10.6. The normalized spacial score (nSPS) is 33.6. The first-order valence-electron chi connectivity index (χ1n) is 5.86. The largest absolute Gasteiger partial charge is 0.390 e. The summed E-state index contributed by atoms with van der Waals surface area (Å²) in [6.07, 6.45) is 5.16. The Morgan fingerprint density at radius 2 is 2.21 bits per heavy atom. The van der Waals surface area contributed by atoms with Crippen molar-refractivity contribution in [3.8, 4) is 0 Å². The molecule has 0 radical (unpaired) electrons. The standard InChI is InChI=1S/C12H24O2/c1-10(2)5-4-6-12(13)7-8-14-11(3)9-12/h10-11,13H,4-9H2,1-3H3. The van der Waals surface area contributed by atoms with Gasteiger partial charge in [-0.15, -0.1) is 0 Å². The van der Waals surface area contributed by atoms with Gasteiger partial charge in [-0.1, -0.05) is 26.7 Å². The zero-order valence-corrected chi connectivity index (χ0v) is 9.75. The van der Waals surface area contributed by atoms with Crippen molar-refractivity contribution in [3.05, 3.63) is 0 Å². The van der Waals surface area contributed by atoms with E-state index in [-0.39, 0.29) is 6.10 Å². The fourth-order valence-corrected chi connectivity index (χ4v) is 2.21. The van der Waals surface area contributed by atoms with E-state index >= 15 is 0 Å². The van der Waals surface area contributed by atoms with Crippen LogP contribution in [0.5, 0.6) is 0 Å². The molecule has 1 aliphatic heterocycles. The zero-order valence-electron chi connectivity index (χ0n) is 9.75. The molecular weight excluding hydrogens is 176 g/mol. The van der Waals surface area contributed by atoms with Gasteiger partial charge < -0.3 is 9.84 Å². The Kier molecular flexibility index (Phi) is 4.39. The average Bonchev–Trinajstić information content (AvgIpc) is 2.01. The van der Waals surface area contributed by atoms with Gasteiger partial charge in [0.15, 0.2) is 0 Å². The van der Waals surface area contributed by atoms with Crippen LogP contribution in [0.25, 0.3) is 0 Å². The van der Waals surface area contributed by atoms with E-state index in [1.165, 1.54) is 6.42 Å². The molecule has 0 saturated carbocycles. The third kappa shape index (κ3) is 3.97. The van der Waals surface area contributed by atoms with Gasteiger partial charge in [-0.05, 0) is 25.7 Å². The summed E-state index contributed by atoms with van der Waals surface area (Å²) in [4.78, 5) is 0. The highest BCUT2D eigenvalue weighted by Gasteiger charge is 2.32. The molecule has 0 aromatic rings. The van der Waals surface area contributed by atoms with Crippen LogP contribution >= 0.6 is 0 Å². The lowest BCUT2D eigenvalue weighted by molar-refractivity contribution is -0.101. The summed E-state index contributed by atoms with van der Waals surface area (Å²) < 4.78 is 5.44. The Morgan fingerprint density at radius 3 is 2.79 bits per heavy atom. The minimum Gasteiger partial charge on any atom is -0.390 e. The first-order chi connectivity index (χ1) is 6.52. The Balaban J connectivity index is 2.26. The van der Waals surface area contributed by atoms with E-state index in [4.69, 9.17) is 4.74 Å². The van der Waals surface area contributed by atoms with Crippen LogP contribution in [0.1, 0.15) is 52.9 Å². The fraction of sp³-hybridized carbons (Fsp3) is 1.00. The van der Waals surface area contributed by atoms with Crippen molar-refractivity contribution in [2.24, 2.45) is 5.92 Å². The number of hydrogen-bond donors (Lipinski definition) is 1. The number of rotatable bonds is 4. The molecular formula is C12H24O2. The molecule has 0 amide bonds. The molecule has 0 spiro atoms. The average molecular weight is 200 g/mol. The predicted octanol–water partition coefficient (Wildman–Crippen LogP) is 2.74. The molecule has 1 aliphatic rings. The minimum absolute atomic E-state index is 0.229. The van der Waals surface area contributed by atoms with Crippen LogP contribution in [0.3, 0.4) is 0 Å². The van der Waals surface area contributed by atoms with E-state index in [9.17, 15) is 5.11 Å². The number of ether oxygens (including phenoxy) is 1. The molecule has 2 heteroatoms. The molecule has 84 valence electrons. The first-order valence-corrected chi connectivity index (χ1v) is 5.86. The lowest BCUT2D eigenvalue weighted by Gasteiger charge is -2.35. The molecule has 0 aromatic heterocycles. The van der Waals surface area contributed by atoms with Gasteiger partial charge in [0.1, 0.15) is 0 Å². The summed E-state index contributed by atoms with van der Waals surface area (Å²) in [6.45, 7) is 7.24. The van der Waals surface area contributed by atoms with Gasteiger partial charge in [0.05, 0.1) is 11.7 Å². The smallest absolute Gasteiger partial charge is 0.0694 e. The van der Waals surface area contributed by atoms with Crippen LogP contribution in [0, 0.1) is 5.92 Å². The quantitative estimate of drug-likeness (QED) is 0.756. The van der Waals surface area contributed by atoms with Gasteiger partial charge in [-0.2, -0.15) is 0 Å². The highest BCUT2D eigenvalue weighted by Crippen LogP contribution is 2.29. The van der Waals surface area contributed by atoms with E-state index in [1.54, 1.807) is 0 Å². The highest BCUT2D eigenvalue weighted by atomic mass is 16.5. The summed E-state index contributed by atoms with van der Waals surface area (Å²) in [5.74, 6) is 0.746. The summed E-state index contributed by atoms with van der Waals surface area (Å²) in [7, 11) is 0. The molecule has 1 saturated heterocycles. The summed E-state index contributed by atoms with van der Waals surface area (Å²) in [5, 5.41) is 10.3. The molecule has 1 N–H and O–H groups in total. The van der Waals surface area contributed by atoms with Gasteiger partial charge >= 0.3 is 0 Å². The van der Waals surface area contributed by atoms with Gasteiger partial charge in [0.2, 0.25) is 0 Å². The second-order valence-corrected chi connectivity index (χ2v) is 5.15. The van der Waals surface area contributed by atoms with Crippen molar-refractivity contribution >= 4 is 0 Å². The maximum Gasteiger partial charge on any atom is 0.0694 e. The summed E-state index contributed by atoms with van der Waals surface area (Å²) in [6, 6.07) is 0. The SMILES string of the molecule is CC(C)CCCC1(O)CCOC(C)C1. The Morgan fingerprint density at radius 1 is 1.50 bits per heavy atom. The molecule has 0 bridgehead atoms. The van der Waals surface area contributed by atoms with Crippen molar-refractivity contribution in [2.75, 3.05) is 6.61 Å². The van der Waals surface area contributed by atoms with Crippen LogP contribution in [0.15, 0.2) is 0 Å². The molecule has 1 fully saturated rings. The topological polar surface area (TPSA) is 29.5 Å². The maximum absolute atomic E-state index is 10.3. The molecule has 2 unspecified atom stereocenters. The van der Waals surface area contributed by atoms with Gasteiger partial charge in [-0.3, -0.25) is 0 Å². The lowest BCUT2D eigenvalue weighted by atomic mass is 9.85. The number of hydrogen-bond acceptors (Lipinski definition) is 2. The van der Waals surface area contributed by atoms with E-state index in [0.717, 1.165) is 38.2 Å². The Labute approximate surface area is 87.7 Å². The van der Waals surface area contributed by atoms with Gasteiger partial charge in [0.25, 0.3) is 0 Å². The maximum atomic E-state index is 10.3. The highest BCUT2D eigenvalue weighted by molar-refractivity contribution is 4.84. The third-order valence-electron chi connectivity index (χ3n) is 3.06. The molecule has 1 heterocycles. The molecule has 2 nitrogen and oxygen atoms in total. The van der Waals surface area contributed by atoms with Crippen molar-refractivity contribution in [3.63, 3.8) is 0 Å². The Hall–Kier alpha value is -0.0800. The van der Waals surface area contributed by atoms with Crippen molar-refractivity contribution in [1.82, 2.24) is 0 Å². The Bertz CT molecular complexity index is 168. The molecule has 2 atom stereocenters. The third-order valence-corrected chi connectivity index (χ3v) is 3.06. The van der Waals surface area contributed by atoms with E-state index in [2.05, 4.69) is 13.8 Å². The fourth-order valence-electron chi connectivity index (χ4n) is 2.21. The van der Waals surface area contributed by atoms with Crippen LogP contribution in [0.2, 0.25) is 0 Å². The van der Waals surface area contributed by atoms with Crippen LogP contribution in [-0.2, 0) is 4.74 Å². The first kappa shape index (κ1) is 12.0. The second kappa shape index (κ2) is 5.13. The van der Waals surface area contributed by atoms with Crippen molar-refractivity contribution in [1.29, 1.82) is 0 Å². The van der Waals surface area contributed by atoms with Crippen LogP contribution < -0.4 is 0 Å². The minimum atomic E-state index is -0.438. The lowest BCUT2D eigenvalue weighted by Crippen LogP contribution is -2.39. The van der Waals surface area contributed by atoms with Gasteiger partial charge in [-0.25, -0.2) is 0 Å². The predicted molar refractivity (Wildman–Crippen MR) is 58.3 cm³/mol. The molecule has 0 aliphatic carbocycles. The molecule has 1 rings (SSSR count). The summed E-state index contributed by atoms with van der Waals surface area (Å²) >= 11 is 0. The van der Waals surface area contributed by atoms with Crippen LogP contribution in [-0.4, -0.2) is 23.4 Å². The van der Waals surface area contributed by atoms with Crippen molar-refractivity contribution in [2.45, 2.75) is 64.6 Å². The van der Waals surface area contributed by atoms with E-state index in [0.29, 0.717) is 0 Å². The van der Waals surface area contributed by atoms with E-state index in [1.807, 2.05) is 6.92 Å². The van der Waals surface area contributed by atoms with Gasteiger partial charge in [0, 0.05) is 13.0 Å². The molecule has 14 heavy (non-hydrogen) atoms. The van der Waals surface area contributed by atoms with Crippen LogP contribution in [0.4, 0.5) is 0 Å². The summed E-state index contributed by atoms with van der Waals surface area (Å²) in [5.41, 5.74) is -0.438. The van der Waals surface area contributed by atoms with E-state index < -0.39 is 5.60 Å². The monoisotopic (exact) mass is 200 g/mol. The molecule has 0 aromatic carbocycles. The van der Waals surface area contributed by atoms with Crippen molar-refractivity contribution < 1.29 is 9.84 Å². The number of aliphatic hydroxyl groups is 1.